The Morgan fingerprint density at radius 1 is 1.44 bits per heavy atom. The Kier molecular flexibility index (Phi) is 3.44. The second-order valence-electron chi connectivity index (χ2n) is 1.40. The normalized spacial score (nSPS) is 12.7. The predicted octanol–water partition coefficient (Wildman–Crippen LogP) is -0.230. The zero-order valence-corrected chi connectivity index (χ0v) is 5.50. The molecule has 0 heterocycles. The summed E-state index contributed by atoms with van der Waals surface area (Å²) < 4.78 is 27.8. The molecule has 54 valence electrons. The van der Waals surface area contributed by atoms with Crippen molar-refractivity contribution in [1.82, 2.24) is 0 Å². The van der Waals surface area contributed by atoms with E-state index in [-0.39, 0.29) is 13.0 Å². The van der Waals surface area contributed by atoms with Gasteiger partial charge in [0.25, 0.3) is 10.1 Å². The summed E-state index contributed by atoms with van der Waals surface area (Å²) in [6.45, 7) is -0.119. The van der Waals surface area contributed by atoms with E-state index in [9.17, 15) is 8.42 Å². The Labute approximate surface area is 53.6 Å². The first kappa shape index (κ1) is 8.61. The highest BCUT2D eigenvalue weighted by Crippen LogP contribution is 1.86. The van der Waals surface area contributed by atoms with Gasteiger partial charge in [-0.05, 0) is 6.42 Å². The Hall–Kier alpha value is -0.390. The summed E-state index contributed by atoms with van der Waals surface area (Å²) in [5.41, 5.74) is 0. The van der Waals surface area contributed by atoms with Crippen LogP contribution >= 0.6 is 0 Å². The highest BCUT2D eigenvalue weighted by atomic mass is 32.2. The summed E-state index contributed by atoms with van der Waals surface area (Å²) in [6.07, 6.45) is 1.41. The largest absolute Gasteiger partial charge is 0.396 e. The van der Waals surface area contributed by atoms with Gasteiger partial charge in [-0.3, -0.25) is 4.55 Å². The lowest BCUT2D eigenvalue weighted by molar-refractivity contribution is 0.302. The minimum Gasteiger partial charge on any atom is -0.396 e. The third kappa shape index (κ3) is 7.61. The molecular weight excluding hydrogens is 144 g/mol. The van der Waals surface area contributed by atoms with Gasteiger partial charge in [0.15, 0.2) is 0 Å². The quantitative estimate of drug-likeness (QED) is 0.548. The SMILES string of the molecule is O=S(=O)(O)C=CCCO. The average molecular weight is 152 g/mol. The van der Waals surface area contributed by atoms with Crippen LogP contribution in [0.25, 0.3) is 0 Å². The molecule has 0 bridgehead atoms. The molecule has 0 atom stereocenters. The fourth-order valence-electron chi connectivity index (χ4n) is 0.264. The molecule has 9 heavy (non-hydrogen) atoms. The van der Waals surface area contributed by atoms with E-state index in [4.69, 9.17) is 9.66 Å². The second-order valence-corrected chi connectivity index (χ2v) is 2.70. The maximum atomic E-state index is 9.89. The standard InChI is InChI=1S/C4H8O4S/c5-3-1-2-4-9(6,7)8/h2,4-5H,1,3H2,(H,6,7,8). The van der Waals surface area contributed by atoms with Crippen molar-refractivity contribution < 1.29 is 18.1 Å². The van der Waals surface area contributed by atoms with E-state index in [1.165, 1.54) is 6.08 Å². The van der Waals surface area contributed by atoms with E-state index in [0.29, 0.717) is 5.41 Å². The van der Waals surface area contributed by atoms with Gasteiger partial charge in [-0.15, -0.1) is 0 Å². The molecule has 0 fully saturated rings. The molecule has 0 aliphatic carbocycles. The van der Waals surface area contributed by atoms with E-state index in [1.807, 2.05) is 0 Å². The van der Waals surface area contributed by atoms with Gasteiger partial charge in [-0.2, -0.15) is 8.42 Å². The molecule has 0 aromatic carbocycles. The molecule has 0 aliphatic heterocycles. The molecule has 0 rings (SSSR count). The average Bonchev–Trinajstić information content (AvgIpc) is 1.63. The van der Waals surface area contributed by atoms with Gasteiger partial charge in [0, 0.05) is 6.61 Å². The highest BCUT2D eigenvalue weighted by Gasteiger charge is 1.92. The third-order valence-electron chi connectivity index (χ3n) is 0.564. The summed E-state index contributed by atoms with van der Waals surface area (Å²) in [6, 6.07) is 0. The highest BCUT2D eigenvalue weighted by molar-refractivity contribution is 7.88. The van der Waals surface area contributed by atoms with E-state index in [2.05, 4.69) is 0 Å². The van der Waals surface area contributed by atoms with Crippen molar-refractivity contribution in [1.29, 1.82) is 0 Å². The van der Waals surface area contributed by atoms with Crippen LogP contribution in [0.1, 0.15) is 6.42 Å². The van der Waals surface area contributed by atoms with Crippen molar-refractivity contribution in [3.8, 4) is 0 Å². The molecule has 0 amide bonds. The van der Waals surface area contributed by atoms with Gasteiger partial charge >= 0.3 is 0 Å². The zero-order valence-electron chi connectivity index (χ0n) is 4.69. The molecule has 0 aromatic rings. The van der Waals surface area contributed by atoms with Crippen molar-refractivity contribution in [2.45, 2.75) is 6.42 Å². The van der Waals surface area contributed by atoms with Crippen molar-refractivity contribution in [2.24, 2.45) is 0 Å². The van der Waals surface area contributed by atoms with Gasteiger partial charge < -0.3 is 5.11 Å². The molecule has 0 aromatic heterocycles. The number of hydrogen-bond donors (Lipinski definition) is 2. The van der Waals surface area contributed by atoms with Crippen LogP contribution in [0.4, 0.5) is 0 Å². The monoisotopic (exact) mass is 152 g/mol. The van der Waals surface area contributed by atoms with Crippen LogP contribution in [0.2, 0.25) is 0 Å². The zero-order chi connectivity index (χ0) is 7.33. The summed E-state index contributed by atoms with van der Waals surface area (Å²) in [5, 5.41) is 8.78. The van der Waals surface area contributed by atoms with E-state index >= 15 is 0 Å². The minimum absolute atomic E-state index is 0.119. The molecule has 5 heteroatoms. The van der Waals surface area contributed by atoms with Crippen LogP contribution < -0.4 is 0 Å². The molecule has 0 unspecified atom stereocenters. The maximum Gasteiger partial charge on any atom is 0.287 e. The Morgan fingerprint density at radius 2 is 2.00 bits per heavy atom. The number of rotatable bonds is 3. The van der Waals surface area contributed by atoms with E-state index < -0.39 is 10.1 Å². The third-order valence-corrected chi connectivity index (χ3v) is 1.10. The van der Waals surface area contributed by atoms with E-state index in [1.54, 1.807) is 0 Å². The van der Waals surface area contributed by atoms with Crippen molar-refractivity contribution in [2.75, 3.05) is 6.61 Å². The molecule has 0 aliphatic rings. The van der Waals surface area contributed by atoms with Crippen LogP contribution in [-0.4, -0.2) is 24.7 Å². The summed E-state index contributed by atoms with van der Waals surface area (Å²) >= 11 is 0. The van der Waals surface area contributed by atoms with Crippen molar-refractivity contribution >= 4 is 10.1 Å². The molecule has 4 nitrogen and oxygen atoms in total. The van der Waals surface area contributed by atoms with Gasteiger partial charge in [0.05, 0.1) is 5.41 Å². The lowest BCUT2D eigenvalue weighted by Gasteiger charge is -1.82. The smallest absolute Gasteiger partial charge is 0.287 e. The Bertz CT molecular complexity index is 179. The molecule has 0 saturated carbocycles. The molecule has 0 spiro atoms. The Morgan fingerprint density at radius 3 is 2.33 bits per heavy atom. The minimum atomic E-state index is -3.99. The number of aliphatic hydroxyl groups is 1. The van der Waals surface area contributed by atoms with Crippen LogP contribution in [0.5, 0.6) is 0 Å². The summed E-state index contributed by atoms with van der Waals surface area (Å²) in [7, 11) is -3.99. The topological polar surface area (TPSA) is 74.6 Å². The summed E-state index contributed by atoms with van der Waals surface area (Å²) in [4.78, 5) is 0. The van der Waals surface area contributed by atoms with Crippen molar-refractivity contribution in [3.63, 3.8) is 0 Å². The lowest BCUT2D eigenvalue weighted by atomic mass is 10.5. The first-order valence-corrected chi connectivity index (χ1v) is 3.81. The second kappa shape index (κ2) is 3.60. The van der Waals surface area contributed by atoms with Crippen molar-refractivity contribution in [3.05, 3.63) is 11.5 Å². The number of hydrogen-bond acceptors (Lipinski definition) is 3. The van der Waals surface area contributed by atoms with Gasteiger partial charge in [-0.25, -0.2) is 0 Å². The fourth-order valence-corrected chi connectivity index (χ4v) is 0.643. The first-order chi connectivity index (χ1) is 4.06. The van der Waals surface area contributed by atoms with Gasteiger partial charge in [-0.1, -0.05) is 6.08 Å². The summed E-state index contributed by atoms with van der Waals surface area (Å²) in [5.74, 6) is 0. The molecular formula is C4H8O4S. The molecule has 0 radical (unpaired) electrons. The lowest BCUT2D eigenvalue weighted by Crippen LogP contribution is -1.89. The Balaban J connectivity index is 3.73. The van der Waals surface area contributed by atoms with Crippen LogP contribution in [0.3, 0.4) is 0 Å². The van der Waals surface area contributed by atoms with Crippen LogP contribution in [0.15, 0.2) is 11.5 Å². The van der Waals surface area contributed by atoms with Gasteiger partial charge in [0.2, 0.25) is 0 Å². The van der Waals surface area contributed by atoms with E-state index in [0.717, 1.165) is 0 Å². The van der Waals surface area contributed by atoms with Crippen LogP contribution in [-0.2, 0) is 10.1 Å². The maximum absolute atomic E-state index is 9.89. The van der Waals surface area contributed by atoms with Crippen LogP contribution in [0, 0.1) is 0 Å². The molecule has 0 saturated heterocycles. The molecule has 2 N–H and O–H groups in total. The number of aliphatic hydroxyl groups excluding tert-OH is 1. The first-order valence-electron chi connectivity index (χ1n) is 2.31. The predicted molar refractivity (Wildman–Crippen MR) is 32.4 cm³/mol. The fraction of sp³-hybridized carbons (Fsp3) is 0.500. The van der Waals surface area contributed by atoms with Gasteiger partial charge in [0.1, 0.15) is 0 Å².